The minimum Gasteiger partial charge on any atom is -0.396 e. The van der Waals surface area contributed by atoms with E-state index in [0.717, 1.165) is 13.1 Å². The maximum absolute atomic E-state index is 11.7. The summed E-state index contributed by atoms with van der Waals surface area (Å²) in [5.74, 6) is 0.101. The van der Waals surface area contributed by atoms with Gasteiger partial charge in [-0.15, -0.1) is 0 Å². The number of aliphatic hydroxyl groups excluding tert-OH is 1. The Hall–Kier alpha value is -1.14. The summed E-state index contributed by atoms with van der Waals surface area (Å²) in [5.41, 5.74) is 0. The molecule has 0 radical (unpaired) electrons. The lowest BCUT2D eigenvalue weighted by Crippen LogP contribution is -2.50. The second kappa shape index (κ2) is 7.24. The quantitative estimate of drug-likeness (QED) is 0.626. The van der Waals surface area contributed by atoms with Gasteiger partial charge in [-0.05, 0) is 6.42 Å². The SMILES string of the molecule is CNC(=O)CN1CCN(C(=O)CCCO)CC1. The summed E-state index contributed by atoms with van der Waals surface area (Å²) in [6.45, 7) is 3.26. The van der Waals surface area contributed by atoms with Crippen molar-refractivity contribution in [3.05, 3.63) is 0 Å². The molecule has 98 valence electrons. The summed E-state index contributed by atoms with van der Waals surface area (Å²) in [6, 6.07) is 0. The van der Waals surface area contributed by atoms with E-state index in [1.54, 1.807) is 11.9 Å². The van der Waals surface area contributed by atoms with Gasteiger partial charge >= 0.3 is 0 Å². The van der Waals surface area contributed by atoms with E-state index < -0.39 is 0 Å². The smallest absolute Gasteiger partial charge is 0.233 e. The number of piperazine rings is 1. The van der Waals surface area contributed by atoms with Crippen molar-refractivity contribution < 1.29 is 14.7 Å². The first kappa shape index (κ1) is 13.9. The molecule has 2 amide bonds. The first-order valence-electron chi connectivity index (χ1n) is 5.99. The molecule has 6 nitrogen and oxygen atoms in total. The molecule has 1 aliphatic rings. The number of hydrogen-bond acceptors (Lipinski definition) is 4. The second-order valence-electron chi connectivity index (χ2n) is 4.16. The number of amides is 2. The monoisotopic (exact) mass is 243 g/mol. The molecule has 0 aromatic heterocycles. The molecule has 17 heavy (non-hydrogen) atoms. The minimum atomic E-state index is 0.00468. The van der Waals surface area contributed by atoms with Crippen LogP contribution in [0.15, 0.2) is 0 Å². The zero-order chi connectivity index (χ0) is 12.7. The van der Waals surface area contributed by atoms with Crippen LogP contribution in [0.1, 0.15) is 12.8 Å². The van der Waals surface area contributed by atoms with E-state index in [2.05, 4.69) is 5.32 Å². The zero-order valence-corrected chi connectivity index (χ0v) is 10.3. The largest absolute Gasteiger partial charge is 0.396 e. The molecule has 1 rings (SSSR count). The third kappa shape index (κ3) is 4.70. The van der Waals surface area contributed by atoms with Crippen LogP contribution in [-0.2, 0) is 9.59 Å². The second-order valence-corrected chi connectivity index (χ2v) is 4.16. The Morgan fingerprint density at radius 1 is 1.24 bits per heavy atom. The summed E-state index contributed by atoms with van der Waals surface area (Å²) >= 11 is 0. The van der Waals surface area contributed by atoms with Crippen LogP contribution in [0.2, 0.25) is 0 Å². The van der Waals surface area contributed by atoms with Gasteiger partial charge in [0.2, 0.25) is 11.8 Å². The highest BCUT2D eigenvalue weighted by atomic mass is 16.3. The third-order valence-electron chi connectivity index (χ3n) is 2.92. The molecule has 1 saturated heterocycles. The molecule has 1 heterocycles. The summed E-state index contributed by atoms with van der Waals surface area (Å²) < 4.78 is 0. The van der Waals surface area contributed by atoms with Crippen molar-refractivity contribution in [2.75, 3.05) is 46.4 Å². The van der Waals surface area contributed by atoms with Crippen molar-refractivity contribution in [3.8, 4) is 0 Å². The van der Waals surface area contributed by atoms with Crippen LogP contribution < -0.4 is 5.32 Å². The number of carbonyl (C=O) groups is 2. The van der Waals surface area contributed by atoms with Crippen LogP contribution in [-0.4, -0.2) is 73.1 Å². The van der Waals surface area contributed by atoms with Gasteiger partial charge in [0, 0.05) is 46.3 Å². The Balaban J connectivity index is 2.25. The van der Waals surface area contributed by atoms with E-state index in [1.807, 2.05) is 4.90 Å². The van der Waals surface area contributed by atoms with Crippen LogP contribution in [0, 0.1) is 0 Å². The maximum atomic E-state index is 11.7. The molecule has 0 aliphatic carbocycles. The fraction of sp³-hybridized carbons (Fsp3) is 0.818. The molecule has 0 saturated carbocycles. The summed E-state index contributed by atoms with van der Waals surface area (Å²) in [6.07, 6.45) is 0.934. The molecular formula is C11H21N3O3. The predicted molar refractivity (Wildman–Crippen MR) is 63.4 cm³/mol. The standard InChI is InChI=1S/C11H21N3O3/c1-12-10(16)9-13-4-6-14(7-5-13)11(17)3-2-8-15/h15H,2-9H2,1H3,(H,12,16). The number of likely N-dealkylation sites (N-methyl/N-ethyl adjacent to an activating group) is 1. The molecule has 0 unspecified atom stereocenters. The van der Waals surface area contributed by atoms with Crippen molar-refractivity contribution in [2.45, 2.75) is 12.8 Å². The summed E-state index contributed by atoms with van der Waals surface area (Å²) in [5, 5.41) is 11.2. The third-order valence-corrected chi connectivity index (χ3v) is 2.92. The first-order valence-corrected chi connectivity index (χ1v) is 5.99. The van der Waals surface area contributed by atoms with Crippen LogP contribution in [0.5, 0.6) is 0 Å². The Morgan fingerprint density at radius 2 is 1.88 bits per heavy atom. The average molecular weight is 243 g/mol. The minimum absolute atomic E-state index is 0.00468. The van der Waals surface area contributed by atoms with Crippen LogP contribution in [0.3, 0.4) is 0 Å². The highest BCUT2D eigenvalue weighted by molar-refractivity contribution is 5.78. The number of nitrogens with one attached hydrogen (secondary N) is 1. The Kier molecular flexibility index (Phi) is 5.93. The molecule has 0 atom stereocenters. The van der Waals surface area contributed by atoms with Crippen molar-refractivity contribution in [1.82, 2.24) is 15.1 Å². The van der Waals surface area contributed by atoms with Gasteiger partial charge in [0.25, 0.3) is 0 Å². The lowest BCUT2D eigenvalue weighted by molar-refractivity contribution is -0.133. The maximum Gasteiger partial charge on any atom is 0.233 e. The van der Waals surface area contributed by atoms with Gasteiger partial charge in [-0.25, -0.2) is 0 Å². The van der Waals surface area contributed by atoms with Gasteiger partial charge in [0.1, 0.15) is 0 Å². The topological polar surface area (TPSA) is 72.9 Å². The van der Waals surface area contributed by atoms with Gasteiger partial charge in [-0.3, -0.25) is 14.5 Å². The molecule has 0 aromatic rings. The van der Waals surface area contributed by atoms with E-state index in [4.69, 9.17) is 5.11 Å². The lowest BCUT2D eigenvalue weighted by atomic mass is 10.2. The summed E-state index contributed by atoms with van der Waals surface area (Å²) in [4.78, 5) is 26.7. The van der Waals surface area contributed by atoms with Gasteiger partial charge < -0.3 is 15.3 Å². The van der Waals surface area contributed by atoms with Gasteiger partial charge in [0.15, 0.2) is 0 Å². The van der Waals surface area contributed by atoms with E-state index >= 15 is 0 Å². The van der Waals surface area contributed by atoms with Crippen molar-refractivity contribution in [3.63, 3.8) is 0 Å². The average Bonchev–Trinajstić information content (AvgIpc) is 2.36. The number of hydrogen-bond donors (Lipinski definition) is 2. The van der Waals surface area contributed by atoms with Crippen molar-refractivity contribution in [1.29, 1.82) is 0 Å². The van der Waals surface area contributed by atoms with Crippen LogP contribution >= 0.6 is 0 Å². The Bertz CT molecular complexity index is 263. The molecule has 1 aliphatic heterocycles. The lowest BCUT2D eigenvalue weighted by Gasteiger charge is -2.34. The fourth-order valence-electron chi connectivity index (χ4n) is 1.83. The Morgan fingerprint density at radius 3 is 2.41 bits per heavy atom. The van der Waals surface area contributed by atoms with Crippen molar-refractivity contribution in [2.24, 2.45) is 0 Å². The number of rotatable bonds is 5. The highest BCUT2D eigenvalue weighted by Gasteiger charge is 2.21. The molecule has 2 N–H and O–H groups in total. The van der Waals surface area contributed by atoms with E-state index in [1.165, 1.54) is 0 Å². The van der Waals surface area contributed by atoms with Gasteiger partial charge in [-0.2, -0.15) is 0 Å². The highest BCUT2D eigenvalue weighted by Crippen LogP contribution is 2.04. The van der Waals surface area contributed by atoms with E-state index in [9.17, 15) is 9.59 Å². The molecular weight excluding hydrogens is 222 g/mol. The number of carbonyl (C=O) groups excluding carboxylic acids is 2. The van der Waals surface area contributed by atoms with Crippen LogP contribution in [0.4, 0.5) is 0 Å². The van der Waals surface area contributed by atoms with E-state index in [0.29, 0.717) is 32.5 Å². The predicted octanol–water partition coefficient (Wildman–Crippen LogP) is -1.35. The Labute approximate surface area is 102 Å². The molecule has 0 spiro atoms. The first-order chi connectivity index (χ1) is 8.17. The molecule has 0 aromatic carbocycles. The van der Waals surface area contributed by atoms with Gasteiger partial charge in [-0.1, -0.05) is 0 Å². The summed E-state index contributed by atoms with van der Waals surface area (Å²) in [7, 11) is 1.62. The molecule has 1 fully saturated rings. The number of aliphatic hydroxyl groups is 1. The number of nitrogens with zero attached hydrogens (tertiary/aromatic N) is 2. The molecule has 0 bridgehead atoms. The zero-order valence-electron chi connectivity index (χ0n) is 10.3. The van der Waals surface area contributed by atoms with Gasteiger partial charge in [0.05, 0.1) is 6.54 Å². The fourth-order valence-corrected chi connectivity index (χ4v) is 1.83. The van der Waals surface area contributed by atoms with Crippen LogP contribution in [0.25, 0.3) is 0 Å². The van der Waals surface area contributed by atoms with E-state index in [-0.39, 0.29) is 18.4 Å². The normalized spacial score (nSPS) is 16.9. The molecule has 6 heteroatoms. The van der Waals surface area contributed by atoms with Crippen molar-refractivity contribution >= 4 is 11.8 Å².